The molecule has 1 atom stereocenters. The number of ether oxygens (including phenoxy) is 1. The molecule has 0 heterocycles. The number of nitrogens with one attached hydrogen (secondary N) is 2. The topological polar surface area (TPSA) is 90.8 Å². The summed E-state index contributed by atoms with van der Waals surface area (Å²) >= 11 is 0. The average Bonchev–Trinajstić information content (AvgIpc) is 2.35. The van der Waals surface area contributed by atoms with Gasteiger partial charge in [-0.3, -0.25) is 5.32 Å². The second-order valence-electron chi connectivity index (χ2n) is 5.53. The third kappa shape index (κ3) is 6.42. The quantitative estimate of drug-likeness (QED) is 0.667. The first-order valence-electron chi connectivity index (χ1n) is 6.53. The van der Waals surface area contributed by atoms with Crippen LogP contribution in [-0.2, 0) is 4.74 Å². The minimum absolute atomic E-state index is 0.0606. The number of benzene rings is 1. The van der Waals surface area contributed by atoms with Gasteiger partial charge >= 0.3 is 6.09 Å². The number of rotatable bonds is 5. The smallest absolute Gasteiger partial charge is 0.412 e. The van der Waals surface area contributed by atoms with Gasteiger partial charge in [0.25, 0.3) is 0 Å². The van der Waals surface area contributed by atoms with Gasteiger partial charge < -0.3 is 20.3 Å². The van der Waals surface area contributed by atoms with Crippen LogP contribution >= 0.6 is 0 Å². The van der Waals surface area contributed by atoms with Gasteiger partial charge in [-0.05, 0) is 39.0 Å². The molecular formula is C14H21FN2O4. The lowest BCUT2D eigenvalue weighted by Crippen LogP contribution is -2.28. The van der Waals surface area contributed by atoms with E-state index in [1.165, 1.54) is 12.1 Å². The van der Waals surface area contributed by atoms with Gasteiger partial charge in [0.15, 0.2) is 0 Å². The fraction of sp³-hybridized carbons (Fsp3) is 0.500. The van der Waals surface area contributed by atoms with E-state index in [4.69, 9.17) is 9.84 Å². The molecule has 1 aromatic carbocycles. The number of halogens is 1. The second-order valence-corrected chi connectivity index (χ2v) is 5.53. The second kappa shape index (κ2) is 7.24. The Morgan fingerprint density at radius 2 is 2.05 bits per heavy atom. The molecular weight excluding hydrogens is 279 g/mol. The number of aliphatic hydroxyl groups is 2. The largest absolute Gasteiger partial charge is 0.444 e. The zero-order valence-electron chi connectivity index (χ0n) is 12.3. The lowest BCUT2D eigenvalue weighted by molar-refractivity contribution is 0.0636. The molecule has 0 aliphatic rings. The van der Waals surface area contributed by atoms with Crippen molar-refractivity contribution in [3.05, 3.63) is 24.0 Å². The van der Waals surface area contributed by atoms with Crippen molar-refractivity contribution in [3.63, 3.8) is 0 Å². The Bertz CT molecular complexity index is 488. The molecule has 7 heteroatoms. The van der Waals surface area contributed by atoms with Gasteiger partial charge in [0.05, 0.1) is 24.1 Å². The molecule has 0 saturated carbocycles. The van der Waals surface area contributed by atoms with Crippen molar-refractivity contribution >= 4 is 17.5 Å². The summed E-state index contributed by atoms with van der Waals surface area (Å²) in [6.45, 7) is 4.81. The van der Waals surface area contributed by atoms with Crippen molar-refractivity contribution in [1.29, 1.82) is 0 Å². The van der Waals surface area contributed by atoms with Crippen LogP contribution in [0, 0.1) is 5.82 Å². The molecule has 0 radical (unpaired) electrons. The van der Waals surface area contributed by atoms with Crippen LogP contribution in [-0.4, -0.2) is 41.2 Å². The number of amides is 1. The first-order valence-corrected chi connectivity index (χ1v) is 6.53. The van der Waals surface area contributed by atoms with Gasteiger partial charge in [0.2, 0.25) is 0 Å². The molecule has 6 nitrogen and oxygen atoms in total. The van der Waals surface area contributed by atoms with Crippen LogP contribution in [0.2, 0.25) is 0 Å². The van der Waals surface area contributed by atoms with E-state index in [1.54, 1.807) is 20.8 Å². The maximum atomic E-state index is 13.3. The Labute approximate surface area is 122 Å². The van der Waals surface area contributed by atoms with Gasteiger partial charge in [0, 0.05) is 6.54 Å². The third-order valence-electron chi connectivity index (χ3n) is 2.36. The number of carbonyl (C=O) groups excluding carboxylic acids is 1. The molecule has 0 fully saturated rings. The number of hydrogen-bond donors (Lipinski definition) is 4. The van der Waals surface area contributed by atoms with Crippen molar-refractivity contribution < 1.29 is 24.1 Å². The predicted molar refractivity (Wildman–Crippen MR) is 77.8 cm³/mol. The van der Waals surface area contributed by atoms with E-state index in [0.29, 0.717) is 5.69 Å². The molecule has 0 aromatic heterocycles. The van der Waals surface area contributed by atoms with Crippen LogP contribution in [0.25, 0.3) is 0 Å². The van der Waals surface area contributed by atoms with E-state index in [9.17, 15) is 14.3 Å². The minimum atomic E-state index is -0.954. The number of hydrogen-bond acceptors (Lipinski definition) is 5. The molecule has 0 saturated heterocycles. The van der Waals surface area contributed by atoms with Crippen LogP contribution < -0.4 is 10.6 Å². The molecule has 0 aliphatic heterocycles. The zero-order chi connectivity index (χ0) is 16.0. The summed E-state index contributed by atoms with van der Waals surface area (Å²) in [5.74, 6) is -0.519. The van der Waals surface area contributed by atoms with Gasteiger partial charge in [0.1, 0.15) is 11.4 Å². The van der Waals surface area contributed by atoms with E-state index in [2.05, 4.69) is 10.6 Å². The van der Waals surface area contributed by atoms with Gasteiger partial charge in [-0.25, -0.2) is 9.18 Å². The fourth-order valence-corrected chi connectivity index (χ4v) is 1.48. The molecule has 4 N–H and O–H groups in total. The van der Waals surface area contributed by atoms with Crippen LogP contribution in [0.4, 0.5) is 20.6 Å². The molecule has 1 rings (SSSR count). The fourth-order valence-electron chi connectivity index (χ4n) is 1.48. The Kier molecular flexibility index (Phi) is 5.92. The minimum Gasteiger partial charge on any atom is -0.444 e. The Morgan fingerprint density at radius 3 is 2.62 bits per heavy atom. The highest BCUT2D eigenvalue weighted by atomic mass is 19.1. The summed E-state index contributed by atoms with van der Waals surface area (Å²) in [6.07, 6.45) is -1.66. The van der Waals surface area contributed by atoms with Crippen molar-refractivity contribution in [2.75, 3.05) is 23.8 Å². The maximum absolute atomic E-state index is 13.3. The van der Waals surface area contributed by atoms with Crippen LogP contribution in [0.3, 0.4) is 0 Å². The Balaban J connectivity index is 2.79. The first kappa shape index (κ1) is 17.2. The van der Waals surface area contributed by atoms with E-state index >= 15 is 0 Å². The molecule has 0 aliphatic carbocycles. The van der Waals surface area contributed by atoms with Gasteiger partial charge in [-0.2, -0.15) is 0 Å². The summed E-state index contributed by atoms with van der Waals surface area (Å²) < 4.78 is 18.4. The SMILES string of the molecule is CC(C)(C)OC(=O)Nc1cc(F)ccc1NCC(O)CO. The normalized spacial score (nSPS) is 12.7. The predicted octanol–water partition coefficient (Wildman–Crippen LogP) is 1.94. The standard InChI is InChI=1S/C14H21FN2O4/c1-14(2,3)21-13(20)17-12-6-9(15)4-5-11(12)16-7-10(19)8-18/h4-6,10,16,18-19H,7-8H2,1-3H3,(H,17,20). The van der Waals surface area contributed by atoms with Crippen LogP contribution in [0.5, 0.6) is 0 Å². The van der Waals surface area contributed by atoms with Crippen molar-refractivity contribution in [3.8, 4) is 0 Å². The molecule has 0 spiro atoms. The maximum Gasteiger partial charge on any atom is 0.412 e. The Hall–Kier alpha value is -1.86. The van der Waals surface area contributed by atoms with Gasteiger partial charge in [-0.1, -0.05) is 0 Å². The van der Waals surface area contributed by atoms with E-state index < -0.39 is 30.2 Å². The molecule has 1 amide bonds. The highest BCUT2D eigenvalue weighted by molar-refractivity contribution is 5.89. The number of carbonyl (C=O) groups is 1. The summed E-state index contributed by atoms with van der Waals surface area (Å²) in [7, 11) is 0. The summed E-state index contributed by atoms with van der Waals surface area (Å²) in [4.78, 5) is 11.7. The van der Waals surface area contributed by atoms with Crippen LogP contribution in [0.15, 0.2) is 18.2 Å². The van der Waals surface area contributed by atoms with E-state index in [0.717, 1.165) is 6.07 Å². The first-order chi connectivity index (χ1) is 9.71. The van der Waals surface area contributed by atoms with Crippen LogP contribution in [0.1, 0.15) is 20.8 Å². The Morgan fingerprint density at radius 1 is 1.38 bits per heavy atom. The average molecular weight is 300 g/mol. The number of aliphatic hydroxyl groups excluding tert-OH is 2. The summed E-state index contributed by atoms with van der Waals surface area (Å²) in [5.41, 5.74) is -0.0675. The van der Waals surface area contributed by atoms with Crippen molar-refractivity contribution in [2.24, 2.45) is 0 Å². The summed E-state index contributed by atoms with van der Waals surface area (Å²) in [6, 6.07) is 3.78. The highest BCUT2D eigenvalue weighted by Crippen LogP contribution is 2.23. The van der Waals surface area contributed by atoms with E-state index in [-0.39, 0.29) is 12.2 Å². The monoisotopic (exact) mass is 300 g/mol. The van der Waals surface area contributed by atoms with Gasteiger partial charge in [-0.15, -0.1) is 0 Å². The zero-order valence-corrected chi connectivity index (χ0v) is 12.3. The molecule has 1 unspecified atom stereocenters. The lowest BCUT2D eigenvalue weighted by atomic mass is 10.2. The lowest BCUT2D eigenvalue weighted by Gasteiger charge is -2.21. The molecule has 1 aromatic rings. The highest BCUT2D eigenvalue weighted by Gasteiger charge is 2.17. The third-order valence-corrected chi connectivity index (χ3v) is 2.36. The van der Waals surface area contributed by atoms with E-state index in [1.807, 2.05) is 0 Å². The van der Waals surface area contributed by atoms with Crippen molar-refractivity contribution in [1.82, 2.24) is 0 Å². The number of anilines is 2. The molecule has 118 valence electrons. The molecule has 0 bridgehead atoms. The van der Waals surface area contributed by atoms with Crippen molar-refractivity contribution in [2.45, 2.75) is 32.5 Å². The molecule has 21 heavy (non-hydrogen) atoms. The summed E-state index contributed by atoms with van der Waals surface area (Å²) in [5, 5.41) is 23.3.